The van der Waals surface area contributed by atoms with Gasteiger partial charge in [-0.2, -0.15) is 8.42 Å². The molecule has 0 saturated heterocycles. The van der Waals surface area contributed by atoms with Gasteiger partial charge in [0.2, 0.25) is 5.03 Å². The van der Waals surface area contributed by atoms with Crippen LogP contribution in [0, 0.1) is 0 Å². The number of pyridine rings is 1. The zero-order chi connectivity index (χ0) is 15.7. The Morgan fingerprint density at radius 2 is 2.05 bits per heavy atom. The molecule has 0 atom stereocenters. The minimum atomic E-state index is -3.84. The zero-order valence-corrected chi connectivity index (χ0v) is 13.5. The molecule has 0 aliphatic carbocycles. The fourth-order valence-electron chi connectivity index (χ4n) is 1.54. The molecule has 114 valence electrons. The summed E-state index contributed by atoms with van der Waals surface area (Å²) in [6.07, 6.45) is 1.39. The lowest BCUT2D eigenvalue weighted by Gasteiger charge is -2.14. The van der Waals surface area contributed by atoms with Gasteiger partial charge in [-0.3, -0.25) is 10.6 Å². The highest BCUT2D eigenvalue weighted by Crippen LogP contribution is 2.28. The summed E-state index contributed by atoms with van der Waals surface area (Å²) < 4.78 is 27.1. The predicted molar refractivity (Wildman–Crippen MR) is 83.7 cm³/mol. The van der Waals surface area contributed by atoms with Gasteiger partial charge >= 0.3 is 0 Å². The number of hydrazine groups is 1. The van der Waals surface area contributed by atoms with Crippen LogP contribution in [-0.4, -0.2) is 18.4 Å². The number of nitrogens with two attached hydrogens (primary N) is 1. The SMILES string of the molecule is CC(C)(C)c1csc(NS(=O)(=O)c2ncccc2NN)n1. The van der Waals surface area contributed by atoms with Crippen LogP contribution in [0.3, 0.4) is 0 Å². The van der Waals surface area contributed by atoms with Gasteiger partial charge in [0.15, 0.2) is 5.13 Å². The van der Waals surface area contributed by atoms with Crippen molar-refractivity contribution in [2.45, 2.75) is 31.2 Å². The van der Waals surface area contributed by atoms with Gasteiger partial charge in [-0.05, 0) is 12.1 Å². The second-order valence-corrected chi connectivity index (χ2v) is 7.85. The molecule has 21 heavy (non-hydrogen) atoms. The Bertz CT molecular complexity index is 734. The standard InChI is InChI=1S/C12H17N5O2S2/c1-12(2,3)9-7-20-11(15-9)17-21(18,19)10-8(16-13)5-4-6-14-10/h4-7,16H,13H2,1-3H3,(H,15,17). The van der Waals surface area contributed by atoms with E-state index in [1.165, 1.54) is 23.6 Å². The van der Waals surface area contributed by atoms with Crippen LogP contribution in [0.1, 0.15) is 26.5 Å². The minimum absolute atomic E-state index is 0.144. The van der Waals surface area contributed by atoms with Gasteiger partial charge in [-0.1, -0.05) is 20.8 Å². The summed E-state index contributed by atoms with van der Waals surface area (Å²) in [5, 5.41) is 1.96. The Morgan fingerprint density at radius 1 is 1.33 bits per heavy atom. The summed E-state index contributed by atoms with van der Waals surface area (Å²) in [5.41, 5.74) is 3.22. The van der Waals surface area contributed by atoms with Crippen LogP contribution in [0.15, 0.2) is 28.7 Å². The molecule has 0 amide bonds. The summed E-state index contributed by atoms with van der Waals surface area (Å²) >= 11 is 1.23. The van der Waals surface area contributed by atoms with E-state index in [9.17, 15) is 8.42 Å². The molecular weight excluding hydrogens is 310 g/mol. The topological polar surface area (TPSA) is 110 Å². The van der Waals surface area contributed by atoms with E-state index in [0.717, 1.165) is 5.69 Å². The van der Waals surface area contributed by atoms with Gasteiger partial charge in [0.05, 0.1) is 11.4 Å². The maximum Gasteiger partial charge on any atom is 0.283 e. The summed E-state index contributed by atoms with van der Waals surface area (Å²) in [4.78, 5) is 8.15. The van der Waals surface area contributed by atoms with E-state index < -0.39 is 10.0 Å². The van der Waals surface area contributed by atoms with Crippen molar-refractivity contribution in [2.75, 3.05) is 10.1 Å². The lowest BCUT2D eigenvalue weighted by molar-refractivity contribution is 0.573. The molecule has 0 unspecified atom stereocenters. The molecule has 0 radical (unpaired) electrons. The highest BCUT2D eigenvalue weighted by Gasteiger charge is 2.23. The summed E-state index contributed by atoms with van der Waals surface area (Å²) in [7, 11) is -3.84. The zero-order valence-electron chi connectivity index (χ0n) is 11.9. The van der Waals surface area contributed by atoms with Gasteiger partial charge in [0, 0.05) is 17.0 Å². The second-order valence-electron chi connectivity index (χ2n) is 5.39. The van der Waals surface area contributed by atoms with Crippen molar-refractivity contribution in [2.24, 2.45) is 5.84 Å². The third kappa shape index (κ3) is 3.49. The lowest BCUT2D eigenvalue weighted by atomic mass is 9.93. The van der Waals surface area contributed by atoms with Crippen LogP contribution in [0.2, 0.25) is 0 Å². The van der Waals surface area contributed by atoms with Gasteiger partial charge in [-0.15, -0.1) is 11.3 Å². The molecule has 4 N–H and O–H groups in total. The first-order chi connectivity index (χ1) is 9.74. The number of aromatic nitrogens is 2. The van der Waals surface area contributed by atoms with Crippen LogP contribution in [0.4, 0.5) is 10.8 Å². The summed E-state index contributed by atoms with van der Waals surface area (Å²) in [6.45, 7) is 6.03. The summed E-state index contributed by atoms with van der Waals surface area (Å²) in [6, 6.07) is 3.12. The maximum atomic E-state index is 12.3. The molecule has 0 bridgehead atoms. The van der Waals surface area contributed by atoms with Crippen molar-refractivity contribution in [1.29, 1.82) is 0 Å². The molecule has 0 aliphatic rings. The van der Waals surface area contributed by atoms with E-state index in [1.54, 1.807) is 6.07 Å². The molecule has 0 spiro atoms. The van der Waals surface area contributed by atoms with Crippen molar-refractivity contribution in [3.8, 4) is 0 Å². The molecule has 2 aromatic heterocycles. The molecule has 2 heterocycles. The van der Waals surface area contributed by atoms with Crippen LogP contribution in [0.25, 0.3) is 0 Å². The first-order valence-electron chi connectivity index (χ1n) is 6.14. The minimum Gasteiger partial charge on any atom is -0.321 e. The quantitative estimate of drug-likeness (QED) is 0.584. The number of anilines is 2. The van der Waals surface area contributed by atoms with Crippen molar-refractivity contribution in [3.05, 3.63) is 29.4 Å². The average Bonchev–Trinajstić information content (AvgIpc) is 2.86. The Morgan fingerprint density at radius 3 is 2.62 bits per heavy atom. The lowest BCUT2D eigenvalue weighted by Crippen LogP contribution is -2.19. The largest absolute Gasteiger partial charge is 0.321 e. The number of hydrogen-bond donors (Lipinski definition) is 3. The van der Waals surface area contributed by atoms with Crippen molar-refractivity contribution in [1.82, 2.24) is 9.97 Å². The molecule has 7 nitrogen and oxygen atoms in total. The molecule has 2 aromatic rings. The van der Waals surface area contributed by atoms with Crippen LogP contribution in [0.5, 0.6) is 0 Å². The van der Waals surface area contributed by atoms with Crippen molar-refractivity contribution < 1.29 is 8.42 Å². The third-order valence-electron chi connectivity index (χ3n) is 2.68. The first-order valence-corrected chi connectivity index (χ1v) is 8.51. The van der Waals surface area contributed by atoms with E-state index in [1.807, 2.05) is 26.2 Å². The number of nitrogens with zero attached hydrogens (tertiary/aromatic N) is 2. The number of thiazole rings is 1. The normalized spacial score (nSPS) is 12.2. The molecule has 0 aliphatic heterocycles. The third-order valence-corrected chi connectivity index (χ3v) is 4.86. The molecule has 0 aromatic carbocycles. The highest BCUT2D eigenvalue weighted by molar-refractivity contribution is 7.93. The molecule has 0 fully saturated rings. The number of hydrogen-bond acceptors (Lipinski definition) is 7. The smallest absolute Gasteiger partial charge is 0.283 e. The Labute approximate surface area is 127 Å². The maximum absolute atomic E-state index is 12.3. The van der Waals surface area contributed by atoms with Gasteiger partial charge < -0.3 is 5.43 Å². The van der Waals surface area contributed by atoms with Gasteiger partial charge in [0.25, 0.3) is 10.0 Å². The Kier molecular flexibility index (Phi) is 4.17. The Hall–Kier alpha value is -1.71. The highest BCUT2D eigenvalue weighted by atomic mass is 32.2. The van der Waals surface area contributed by atoms with Crippen LogP contribution >= 0.6 is 11.3 Å². The van der Waals surface area contributed by atoms with Crippen molar-refractivity contribution in [3.63, 3.8) is 0 Å². The Balaban J connectivity index is 2.32. The second kappa shape index (κ2) is 5.58. The molecule has 0 saturated carbocycles. The van der Waals surface area contributed by atoms with E-state index in [-0.39, 0.29) is 16.1 Å². The number of rotatable bonds is 4. The van der Waals surface area contributed by atoms with Crippen molar-refractivity contribution >= 4 is 32.2 Å². The van der Waals surface area contributed by atoms with Gasteiger partial charge in [-0.25, -0.2) is 9.97 Å². The molecular formula is C12H17N5O2S2. The number of sulfonamides is 1. The van der Waals surface area contributed by atoms with Gasteiger partial charge in [0.1, 0.15) is 0 Å². The number of nitrogens with one attached hydrogen (secondary N) is 2. The predicted octanol–water partition coefficient (Wildman–Crippen LogP) is 1.92. The van der Waals surface area contributed by atoms with E-state index in [4.69, 9.17) is 5.84 Å². The first kappa shape index (κ1) is 15.7. The fraction of sp³-hybridized carbons (Fsp3) is 0.333. The molecule has 9 heteroatoms. The monoisotopic (exact) mass is 327 g/mol. The summed E-state index contributed by atoms with van der Waals surface area (Å²) in [5.74, 6) is 5.31. The van der Waals surface area contributed by atoms with E-state index in [2.05, 4.69) is 20.1 Å². The number of nitrogen functional groups attached to an aromatic ring is 1. The fourth-order valence-corrected chi connectivity index (χ4v) is 3.83. The molecule has 2 rings (SSSR count). The van der Waals surface area contributed by atoms with Crippen LogP contribution in [-0.2, 0) is 15.4 Å². The van der Waals surface area contributed by atoms with E-state index >= 15 is 0 Å². The van der Waals surface area contributed by atoms with Crippen LogP contribution < -0.4 is 16.0 Å². The van der Waals surface area contributed by atoms with E-state index in [0.29, 0.717) is 5.13 Å². The average molecular weight is 327 g/mol.